The maximum Gasteiger partial charge on any atom is 0.290 e. The van der Waals surface area contributed by atoms with Gasteiger partial charge in [-0.1, -0.05) is 6.07 Å². The number of rotatable bonds is 7. The van der Waals surface area contributed by atoms with Gasteiger partial charge in [0.05, 0.1) is 16.3 Å². The van der Waals surface area contributed by atoms with Crippen LogP contribution in [0.15, 0.2) is 35.5 Å². The van der Waals surface area contributed by atoms with Crippen LogP contribution in [0.5, 0.6) is 0 Å². The van der Waals surface area contributed by atoms with Gasteiger partial charge in [-0.15, -0.1) is 0 Å². The third-order valence-corrected chi connectivity index (χ3v) is 7.34. The average Bonchev–Trinajstić information content (AvgIpc) is 3.50. The van der Waals surface area contributed by atoms with Crippen LogP contribution in [0.25, 0.3) is 6.08 Å². The van der Waals surface area contributed by atoms with Gasteiger partial charge in [0, 0.05) is 38.1 Å². The molecule has 34 heavy (non-hydrogen) atoms. The molecule has 2 aromatic rings. The molecule has 5 heterocycles. The van der Waals surface area contributed by atoms with Crippen molar-refractivity contribution in [2.24, 2.45) is 5.92 Å². The number of carbonyl (C=O) groups excluding carboxylic acids is 2. The van der Waals surface area contributed by atoms with Gasteiger partial charge >= 0.3 is 0 Å². The van der Waals surface area contributed by atoms with Crippen LogP contribution in [-0.4, -0.2) is 52.3 Å². The molecule has 2 aromatic heterocycles. The fraction of sp³-hybridized carbons (Fsp3) is 0.458. The lowest BCUT2D eigenvalue weighted by atomic mass is 9.97. The highest BCUT2D eigenvalue weighted by molar-refractivity contribution is 8.18. The van der Waals surface area contributed by atoms with E-state index in [0.717, 1.165) is 63.0 Å². The minimum Gasteiger partial charge on any atom is -0.341 e. The Hall–Kier alpha value is -2.82. The molecule has 0 radical (unpaired) electrons. The predicted molar refractivity (Wildman–Crippen MR) is 132 cm³/mol. The van der Waals surface area contributed by atoms with Crippen molar-refractivity contribution in [3.8, 4) is 0 Å². The Morgan fingerprint density at radius 2 is 2.03 bits per heavy atom. The van der Waals surface area contributed by atoms with E-state index in [1.165, 1.54) is 18.4 Å². The molecule has 5 rings (SSSR count). The molecule has 3 aliphatic rings. The van der Waals surface area contributed by atoms with Crippen LogP contribution in [0.1, 0.15) is 48.7 Å². The highest BCUT2D eigenvalue weighted by Gasteiger charge is 2.26. The number of aromatic nitrogens is 3. The van der Waals surface area contributed by atoms with E-state index >= 15 is 0 Å². The number of pyridine rings is 1. The topological polar surface area (TPSA) is 112 Å². The first kappa shape index (κ1) is 22.9. The van der Waals surface area contributed by atoms with Gasteiger partial charge in [0.25, 0.3) is 11.1 Å². The molecule has 9 nitrogen and oxygen atoms in total. The van der Waals surface area contributed by atoms with Crippen molar-refractivity contribution in [2.45, 2.75) is 38.3 Å². The normalized spacial score (nSPS) is 22.5. The Labute approximate surface area is 203 Å². The number of imide groups is 1. The van der Waals surface area contributed by atoms with Crippen molar-refractivity contribution < 1.29 is 9.59 Å². The molecule has 3 N–H and O–H groups in total. The van der Waals surface area contributed by atoms with E-state index in [1.54, 1.807) is 18.3 Å². The summed E-state index contributed by atoms with van der Waals surface area (Å²) >= 11 is 0.896. The molecular weight excluding hydrogens is 450 g/mol. The molecule has 0 aromatic carbocycles. The number of nitrogens with zero attached hydrogens (tertiary/aromatic N) is 4. The molecule has 0 saturated carbocycles. The van der Waals surface area contributed by atoms with Crippen LogP contribution in [0.4, 0.5) is 10.7 Å². The number of nitrogens with one attached hydrogen (secondary N) is 3. The summed E-state index contributed by atoms with van der Waals surface area (Å²) in [6.07, 6.45) is 9.91. The fourth-order valence-corrected chi connectivity index (χ4v) is 5.27. The van der Waals surface area contributed by atoms with Gasteiger partial charge in [-0.2, -0.15) is 0 Å². The molecule has 10 heteroatoms. The third kappa shape index (κ3) is 5.63. The Bertz CT molecular complexity index is 1060. The summed E-state index contributed by atoms with van der Waals surface area (Å²) in [6, 6.07) is 6.54. The molecule has 1 unspecified atom stereocenters. The summed E-state index contributed by atoms with van der Waals surface area (Å²) in [5.74, 6) is 0.894. The van der Waals surface area contributed by atoms with E-state index in [0.29, 0.717) is 28.5 Å². The molecule has 1 atom stereocenters. The predicted octanol–water partition coefficient (Wildman–Crippen LogP) is 2.63. The summed E-state index contributed by atoms with van der Waals surface area (Å²) in [5.41, 5.74) is 2.99. The van der Waals surface area contributed by atoms with Crippen LogP contribution < -0.4 is 20.9 Å². The average molecular weight is 480 g/mol. The first-order valence-corrected chi connectivity index (χ1v) is 12.7. The summed E-state index contributed by atoms with van der Waals surface area (Å²) in [5, 5.41) is 8.99. The summed E-state index contributed by atoms with van der Waals surface area (Å²) in [4.78, 5) is 39.3. The fourth-order valence-electron chi connectivity index (χ4n) is 4.61. The zero-order valence-corrected chi connectivity index (χ0v) is 19.8. The Morgan fingerprint density at radius 1 is 1.15 bits per heavy atom. The van der Waals surface area contributed by atoms with E-state index in [9.17, 15) is 9.59 Å². The second-order valence-corrected chi connectivity index (χ2v) is 9.94. The maximum absolute atomic E-state index is 11.8. The maximum atomic E-state index is 11.8. The highest BCUT2D eigenvalue weighted by atomic mass is 32.2. The van der Waals surface area contributed by atoms with Crippen LogP contribution in [-0.2, 0) is 11.3 Å². The zero-order chi connectivity index (χ0) is 23.3. The van der Waals surface area contributed by atoms with E-state index in [2.05, 4.69) is 47.9 Å². The molecule has 3 fully saturated rings. The molecule has 0 bridgehead atoms. The highest BCUT2D eigenvalue weighted by Crippen LogP contribution is 2.26. The SMILES string of the molecule is O=C1NC(=O)C(=Cc2ccnc(N3CCC(CNCc4ccc(C5CCCN5)cn4)CC3)n2)S1. The molecule has 3 aliphatic heterocycles. The molecule has 0 spiro atoms. The van der Waals surface area contributed by atoms with Crippen LogP contribution in [0.2, 0.25) is 0 Å². The van der Waals surface area contributed by atoms with Crippen molar-refractivity contribution >= 4 is 34.9 Å². The lowest BCUT2D eigenvalue weighted by Gasteiger charge is -2.32. The summed E-state index contributed by atoms with van der Waals surface area (Å²) in [6.45, 7) is 4.63. The lowest BCUT2D eigenvalue weighted by molar-refractivity contribution is -0.115. The third-order valence-electron chi connectivity index (χ3n) is 6.53. The second kappa shape index (κ2) is 10.6. The van der Waals surface area contributed by atoms with Crippen molar-refractivity contribution in [3.63, 3.8) is 0 Å². The lowest BCUT2D eigenvalue weighted by Crippen LogP contribution is -2.38. The van der Waals surface area contributed by atoms with E-state index < -0.39 is 0 Å². The smallest absolute Gasteiger partial charge is 0.290 e. The zero-order valence-electron chi connectivity index (χ0n) is 19.0. The minimum atomic E-state index is -0.375. The monoisotopic (exact) mass is 479 g/mol. The van der Waals surface area contributed by atoms with Crippen molar-refractivity contribution in [1.82, 2.24) is 30.9 Å². The van der Waals surface area contributed by atoms with Gasteiger partial charge in [0.2, 0.25) is 5.95 Å². The standard InChI is InChI=1S/C24H29N7O2S/c32-22-21(34-24(33)30-22)12-18-5-9-27-23(29-18)31-10-6-16(7-11-31)13-25-15-19-4-3-17(14-28-19)20-2-1-8-26-20/h3-5,9,12,14,16,20,25-26H,1-2,6-8,10-11,13,15H2,(H,30,32,33). The Kier molecular flexibility index (Phi) is 7.17. The Balaban J connectivity index is 1.08. The number of thioether (sulfide) groups is 1. The largest absolute Gasteiger partial charge is 0.341 e. The second-order valence-electron chi connectivity index (χ2n) is 8.93. The number of anilines is 1. The summed E-state index contributed by atoms with van der Waals surface area (Å²) in [7, 11) is 0. The van der Waals surface area contributed by atoms with Gasteiger partial charge < -0.3 is 15.5 Å². The van der Waals surface area contributed by atoms with Gasteiger partial charge in [0.1, 0.15) is 0 Å². The van der Waals surface area contributed by atoms with Crippen molar-refractivity contribution in [3.05, 3.63) is 52.4 Å². The number of hydrogen-bond acceptors (Lipinski definition) is 9. The van der Waals surface area contributed by atoms with Crippen LogP contribution in [0, 0.1) is 5.92 Å². The van der Waals surface area contributed by atoms with E-state index in [4.69, 9.17) is 0 Å². The minimum absolute atomic E-state index is 0.351. The summed E-state index contributed by atoms with van der Waals surface area (Å²) < 4.78 is 0. The van der Waals surface area contributed by atoms with Crippen LogP contribution in [0.3, 0.4) is 0 Å². The molecular formula is C24H29N7O2S. The number of hydrogen-bond donors (Lipinski definition) is 3. The van der Waals surface area contributed by atoms with Gasteiger partial charge in [-0.25, -0.2) is 9.97 Å². The van der Waals surface area contributed by atoms with Crippen molar-refractivity contribution in [2.75, 3.05) is 31.1 Å². The van der Waals surface area contributed by atoms with Gasteiger partial charge in [0.15, 0.2) is 0 Å². The molecule has 3 saturated heterocycles. The number of piperidine rings is 1. The first-order chi connectivity index (χ1) is 16.6. The molecule has 2 amide bonds. The van der Waals surface area contributed by atoms with Crippen molar-refractivity contribution in [1.29, 1.82) is 0 Å². The Morgan fingerprint density at radius 3 is 2.74 bits per heavy atom. The van der Waals surface area contributed by atoms with Gasteiger partial charge in [-0.3, -0.25) is 19.9 Å². The first-order valence-electron chi connectivity index (χ1n) is 11.9. The quantitative estimate of drug-likeness (QED) is 0.516. The van der Waals surface area contributed by atoms with E-state index in [-0.39, 0.29) is 11.1 Å². The van der Waals surface area contributed by atoms with Crippen LogP contribution >= 0.6 is 11.8 Å². The molecule has 0 aliphatic carbocycles. The molecule has 178 valence electrons. The number of carbonyl (C=O) groups is 2. The number of amides is 2. The van der Waals surface area contributed by atoms with E-state index in [1.807, 2.05) is 6.20 Å². The van der Waals surface area contributed by atoms with Gasteiger partial charge in [-0.05, 0) is 80.2 Å².